The SMILES string of the molecule is CCCOc1ccc(C(=O)NNC(=O)C2CC2)cc1OC. The predicted molar refractivity (Wildman–Crippen MR) is 77.1 cm³/mol. The van der Waals surface area contributed by atoms with Gasteiger partial charge in [-0.05, 0) is 37.5 Å². The van der Waals surface area contributed by atoms with Gasteiger partial charge in [0.15, 0.2) is 11.5 Å². The summed E-state index contributed by atoms with van der Waals surface area (Å²) < 4.78 is 10.7. The summed E-state index contributed by atoms with van der Waals surface area (Å²) in [5, 5.41) is 0. The molecule has 1 fully saturated rings. The minimum Gasteiger partial charge on any atom is -0.493 e. The Kier molecular flexibility index (Phi) is 5.03. The van der Waals surface area contributed by atoms with Crippen LogP contribution >= 0.6 is 0 Å². The van der Waals surface area contributed by atoms with E-state index in [9.17, 15) is 9.59 Å². The first-order valence-corrected chi connectivity index (χ1v) is 7.06. The lowest BCUT2D eigenvalue weighted by molar-refractivity contribution is -0.123. The molecule has 0 saturated heterocycles. The smallest absolute Gasteiger partial charge is 0.269 e. The fourth-order valence-electron chi connectivity index (χ4n) is 1.78. The number of carbonyl (C=O) groups excluding carboxylic acids is 2. The largest absolute Gasteiger partial charge is 0.493 e. The van der Waals surface area contributed by atoms with Gasteiger partial charge in [-0.3, -0.25) is 20.4 Å². The number of hydrazine groups is 1. The lowest BCUT2D eigenvalue weighted by atomic mass is 10.2. The van der Waals surface area contributed by atoms with Crippen LogP contribution in [0.2, 0.25) is 0 Å². The number of hydrogen-bond donors (Lipinski definition) is 2. The lowest BCUT2D eigenvalue weighted by Gasteiger charge is -2.12. The number of carbonyl (C=O) groups is 2. The first-order chi connectivity index (χ1) is 10.2. The van der Waals surface area contributed by atoms with Crippen molar-refractivity contribution in [2.75, 3.05) is 13.7 Å². The highest BCUT2D eigenvalue weighted by Gasteiger charge is 2.29. The molecule has 2 N–H and O–H groups in total. The Morgan fingerprint density at radius 3 is 2.62 bits per heavy atom. The van der Waals surface area contributed by atoms with E-state index in [-0.39, 0.29) is 17.7 Å². The van der Waals surface area contributed by atoms with Gasteiger partial charge in [0.1, 0.15) is 0 Å². The van der Waals surface area contributed by atoms with Crippen molar-refractivity contribution in [3.05, 3.63) is 23.8 Å². The van der Waals surface area contributed by atoms with Crippen molar-refractivity contribution in [2.45, 2.75) is 26.2 Å². The average molecular weight is 292 g/mol. The van der Waals surface area contributed by atoms with Gasteiger partial charge < -0.3 is 9.47 Å². The quantitative estimate of drug-likeness (QED) is 0.782. The Morgan fingerprint density at radius 1 is 1.24 bits per heavy atom. The first-order valence-electron chi connectivity index (χ1n) is 7.06. The summed E-state index contributed by atoms with van der Waals surface area (Å²) in [5.74, 6) is 0.606. The van der Waals surface area contributed by atoms with Crippen molar-refractivity contribution in [1.29, 1.82) is 0 Å². The van der Waals surface area contributed by atoms with Crippen LogP contribution in [-0.4, -0.2) is 25.5 Å². The van der Waals surface area contributed by atoms with Crippen LogP contribution in [0, 0.1) is 5.92 Å². The number of nitrogens with one attached hydrogen (secondary N) is 2. The second-order valence-electron chi connectivity index (χ2n) is 4.93. The van der Waals surface area contributed by atoms with Gasteiger partial charge in [0.25, 0.3) is 5.91 Å². The van der Waals surface area contributed by atoms with Gasteiger partial charge in [0.2, 0.25) is 5.91 Å². The highest BCUT2D eigenvalue weighted by molar-refractivity contribution is 5.96. The Morgan fingerprint density at radius 2 is 2.00 bits per heavy atom. The van der Waals surface area contributed by atoms with Crippen molar-refractivity contribution in [3.8, 4) is 11.5 Å². The molecule has 6 heteroatoms. The third-order valence-electron chi connectivity index (χ3n) is 3.13. The second-order valence-corrected chi connectivity index (χ2v) is 4.93. The third kappa shape index (κ3) is 4.11. The Labute approximate surface area is 123 Å². The van der Waals surface area contributed by atoms with E-state index < -0.39 is 0 Å². The van der Waals surface area contributed by atoms with Crippen LogP contribution in [0.5, 0.6) is 11.5 Å². The van der Waals surface area contributed by atoms with E-state index in [4.69, 9.17) is 9.47 Å². The standard InChI is InChI=1S/C15H20N2O4/c1-3-8-21-12-7-6-11(9-13(12)20-2)15(19)17-16-14(18)10-4-5-10/h6-7,9-10H,3-5,8H2,1-2H3,(H,16,18)(H,17,19). The lowest BCUT2D eigenvalue weighted by Crippen LogP contribution is -2.42. The molecule has 2 amide bonds. The number of ether oxygens (including phenoxy) is 2. The zero-order chi connectivity index (χ0) is 15.2. The van der Waals surface area contributed by atoms with E-state index >= 15 is 0 Å². The van der Waals surface area contributed by atoms with Gasteiger partial charge in [-0.2, -0.15) is 0 Å². The molecule has 1 aliphatic carbocycles. The maximum Gasteiger partial charge on any atom is 0.269 e. The Balaban J connectivity index is 1.97. The minimum atomic E-state index is -0.385. The fraction of sp³-hybridized carbons (Fsp3) is 0.467. The molecule has 114 valence electrons. The monoisotopic (exact) mass is 292 g/mol. The average Bonchev–Trinajstić information content (AvgIpc) is 3.34. The molecule has 1 aromatic carbocycles. The summed E-state index contributed by atoms with van der Waals surface area (Å²) in [4.78, 5) is 23.4. The second kappa shape index (κ2) is 6.97. The zero-order valence-corrected chi connectivity index (χ0v) is 12.3. The molecular formula is C15H20N2O4. The molecule has 1 aromatic rings. The van der Waals surface area contributed by atoms with E-state index in [1.54, 1.807) is 18.2 Å². The summed E-state index contributed by atoms with van der Waals surface area (Å²) in [5.41, 5.74) is 5.21. The molecular weight excluding hydrogens is 272 g/mol. The highest BCUT2D eigenvalue weighted by Crippen LogP contribution is 2.29. The molecule has 0 spiro atoms. The fourth-order valence-corrected chi connectivity index (χ4v) is 1.78. The topological polar surface area (TPSA) is 76.7 Å². The van der Waals surface area contributed by atoms with Crippen LogP contribution in [0.15, 0.2) is 18.2 Å². The molecule has 0 radical (unpaired) electrons. The Bertz CT molecular complexity index is 526. The van der Waals surface area contributed by atoms with E-state index in [0.717, 1.165) is 19.3 Å². The van der Waals surface area contributed by atoms with Crippen molar-refractivity contribution in [2.24, 2.45) is 5.92 Å². The van der Waals surface area contributed by atoms with Crippen LogP contribution in [0.25, 0.3) is 0 Å². The van der Waals surface area contributed by atoms with Crippen LogP contribution in [0.1, 0.15) is 36.5 Å². The van der Waals surface area contributed by atoms with Crippen LogP contribution < -0.4 is 20.3 Å². The number of hydrogen-bond acceptors (Lipinski definition) is 4. The normalized spacial score (nSPS) is 13.4. The molecule has 1 aliphatic rings. The van der Waals surface area contributed by atoms with Gasteiger partial charge in [0.05, 0.1) is 13.7 Å². The molecule has 0 heterocycles. The molecule has 21 heavy (non-hydrogen) atoms. The molecule has 0 bridgehead atoms. The van der Waals surface area contributed by atoms with E-state index in [2.05, 4.69) is 10.9 Å². The van der Waals surface area contributed by atoms with Crippen LogP contribution in [0.4, 0.5) is 0 Å². The van der Waals surface area contributed by atoms with Gasteiger partial charge in [-0.1, -0.05) is 6.92 Å². The summed E-state index contributed by atoms with van der Waals surface area (Å²) >= 11 is 0. The minimum absolute atomic E-state index is 0.0460. The maximum absolute atomic E-state index is 12.0. The van der Waals surface area contributed by atoms with Crippen molar-refractivity contribution in [3.63, 3.8) is 0 Å². The molecule has 6 nitrogen and oxygen atoms in total. The maximum atomic E-state index is 12.0. The number of amides is 2. The van der Waals surface area contributed by atoms with E-state index in [1.807, 2.05) is 6.92 Å². The van der Waals surface area contributed by atoms with Crippen molar-refractivity contribution in [1.82, 2.24) is 10.9 Å². The van der Waals surface area contributed by atoms with Gasteiger partial charge in [0, 0.05) is 11.5 Å². The molecule has 1 saturated carbocycles. The predicted octanol–water partition coefficient (Wildman–Crippen LogP) is 1.65. The summed E-state index contributed by atoms with van der Waals surface area (Å²) in [7, 11) is 1.52. The number of rotatable bonds is 6. The first kappa shape index (κ1) is 15.2. The number of methoxy groups -OCH3 is 1. The van der Waals surface area contributed by atoms with E-state index in [0.29, 0.717) is 23.7 Å². The van der Waals surface area contributed by atoms with Gasteiger partial charge in [-0.15, -0.1) is 0 Å². The van der Waals surface area contributed by atoms with Crippen LogP contribution in [0.3, 0.4) is 0 Å². The molecule has 0 aromatic heterocycles. The molecule has 0 unspecified atom stereocenters. The molecule has 2 rings (SSSR count). The van der Waals surface area contributed by atoms with Gasteiger partial charge >= 0.3 is 0 Å². The summed E-state index contributed by atoms with van der Waals surface area (Å²) in [6.45, 7) is 2.59. The summed E-state index contributed by atoms with van der Waals surface area (Å²) in [6.07, 6.45) is 2.66. The third-order valence-corrected chi connectivity index (χ3v) is 3.13. The zero-order valence-electron chi connectivity index (χ0n) is 12.3. The van der Waals surface area contributed by atoms with Crippen molar-refractivity contribution >= 4 is 11.8 Å². The van der Waals surface area contributed by atoms with E-state index in [1.165, 1.54) is 7.11 Å². The highest BCUT2D eigenvalue weighted by atomic mass is 16.5. The summed E-state index contributed by atoms with van der Waals surface area (Å²) in [6, 6.07) is 4.90. The molecule has 0 atom stereocenters. The Hall–Kier alpha value is -2.24. The molecule has 0 aliphatic heterocycles. The van der Waals surface area contributed by atoms with Crippen molar-refractivity contribution < 1.29 is 19.1 Å². The van der Waals surface area contributed by atoms with Gasteiger partial charge in [-0.25, -0.2) is 0 Å². The van der Waals surface area contributed by atoms with Crippen LogP contribution in [-0.2, 0) is 4.79 Å². The number of benzene rings is 1.